The van der Waals surface area contributed by atoms with Crippen molar-refractivity contribution < 1.29 is 9.59 Å². The summed E-state index contributed by atoms with van der Waals surface area (Å²) in [5.41, 5.74) is 0. The molecule has 0 aromatic carbocycles. The van der Waals surface area contributed by atoms with Crippen molar-refractivity contribution >= 4 is 11.8 Å². The first-order chi connectivity index (χ1) is 9.49. The van der Waals surface area contributed by atoms with Crippen LogP contribution in [-0.4, -0.2) is 35.3 Å². The van der Waals surface area contributed by atoms with E-state index in [4.69, 9.17) is 0 Å². The molecule has 4 atom stereocenters. The molecule has 0 aromatic heterocycles. The fourth-order valence-electron chi connectivity index (χ4n) is 4.27. The van der Waals surface area contributed by atoms with E-state index in [0.29, 0.717) is 42.2 Å². The fourth-order valence-corrected chi connectivity index (χ4v) is 4.27. The van der Waals surface area contributed by atoms with Gasteiger partial charge in [-0.05, 0) is 50.9 Å². The summed E-state index contributed by atoms with van der Waals surface area (Å²) >= 11 is 0. The highest BCUT2D eigenvalue weighted by Gasteiger charge is 2.51. The molecule has 0 aromatic rings. The van der Waals surface area contributed by atoms with Crippen molar-refractivity contribution in [2.45, 2.75) is 58.5 Å². The molecule has 0 radical (unpaired) electrons. The molecule has 3 rings (SSSR count). The van der Waals surface area contributed by atoms with Crippen LogP contribution < -0.4 is 5.32 Å². The van der Waals surface area contributed by atoms with Gasteiger partial charge in [0.25, 0.3) is 0 Å². The maximum atomic E-state index is 12.2. The molecule has 4 nitrogen and oxygen atoms in total. The van der Waals surface area contributed by atoms with Crippen molar-refractivity contribution in [3.05, 3.63) is 0 Å². The second kappa shape index (κ2) is 5.05. The summed E-state index contributed by atoms with van der Waals surface area (Å²) in [6.45, 7) is 7.24. The number of carbonyl (C=O) groups is 2. The second-order valence-corrected chi connectivity index (χ2v) is 7.23. The van der Waals surface area contributed by atoms with E-state index in [-0.39, 0.29) is 11.8 Å². The molecular weight excluding hydrogens is 252 g/mol. The molecular formula is C16H26N2O2. The minimum absolute atomic E-state index is 0.227. The summed E-state index contributed by atoms with van der Waals surface area (Å²) in [6, 6.07) is 0.699. The highest BCUT2D eigenvalue weighted by Crippen LogP contribution is 2.46. The molecule has 20 heavy (non-hydrogen) atoms. The average Bonchev–Trinajstić information content (AvgIpc) is 3.10. The number of hydrogen-bond acceptors (Lipinski definition) is 2. The van der Waals surface area contributed by atoms with E-state index in [1.54, 1.807) is 0 Å². The van der Waals surface area contributed by atoms with Crippen LogP contribution >= 0.6 is 0 Å². The fraction of sp³-hybridized carbons (Fsp3) is 0.875. The van der Waals surface area contributed by atoms with Crippen LogP contribution in [0.25, 0.3) is 0 Å². The molecule has 1 aliphatic heterocycles. The maximum Gasteiger partial charge on any atom is 0.223 e. The van der Waals surface area contributed by atoms with Crippen molar-refractivity contribution in [3.63, 3.8) is 0 Å². The zero-order valence-electron chi connectivity index (χ0n) is 12.8. The van der Waals surface area contributed by atoms with Gasteiger partial charge in [-0.25, -0.2) is 0 Å². The van der Waals surface area contributed by atoms with Crippen LogP contribution in [0.5, 0.6) is 0 Å². The highest BCUT2D eigenvalue weighted by atomic mass is 16.2. The van der Waals surface area contributed by atoms with E-state index in [9.17, 15) is 9.59 Å². The standard InChI is InChI=1S/C16H26N2O2/c1-9(2)18-14-6-10(3)13(12(14)7-15(18)19)8-17-16(20)11-4-5-11/h9-14H,4-8H2,1-3H3,(H,17,20)/t10-,12-,13+,14+/m0/s1. The first kappa shape index (κ1) is 13.9. The van der Waals surface area contributed by atoms with E-state index in [2.05, 4.69) is 31.0 Å². The quantitative estimate of drug-likeness (QED) is 0.852. The SMILES string of the molecule is CC(C)N1C(=O)C[C@H]2[C@H](CNC(=O)C3CC3)[C@@H](C)C[C@H]21. The molecule has 0 unspecified atom stereocenters. The first-order valence-electron chi connectivity index (χ1n) is 8.08. The Labute approximate surface area is 121 Å². The monoisotopic (exact) mass is 278 g/mol. The molecule has 112 valence electrons. The van der Waals surface area contributed by atoms with Crippen molar-refractivity contribution in [3.8, 4) is 0 Å². The number of hydrogen-bond donors (Lipinski definition) is 1. The smallest absolute Gasteiger partial charge is 0.223 e. The van der Waals surface area contributed by atoms with E-state index in [1.807, 2.05) is 0 Å². The van der Waals surface area contributed by atoms with Gasteiger partial charge in [0.15, 0.2) is 0 Å². The van der Waals surface area contributed by atoms with Crippen LogP contribution in [0.4, 0.5) is 0 Å². The molecule has 4 heteroatoms. The zero-order chi connectivity index (χ0) is 14.4. The third-order valence-electron chi connectivity index (χ3n) is 5.46. The first-order valence-corrected chi connectivity index (χ1v) is 8.08. The topological polar surface area (TPSA) is 49.4 Å². The molecule has 3 aliphatic rings. The minimum Gasteiger partial charge on any atom is -0.356 e. The average molecular weight is 278 g/mol. The molecule has 1 N–H and O–H groups in total. The number of fused-ring (bicyclic) bond motifs is 1. The Kier molecular flexibility index (Phi) is 3.51. The number of carbonyl (C=O) groups excluding carboxylic acids is 2. The minimum atomic E-state index is 0.227. The summed E-state index contributed by atoms with van der Waals surface area (Å²) in [5.74, 6) is 2.32. The lowest BCUT2D eigenvalue weighted by Gasteiger charge is -2.28. The van der Waals surface area contributed by atoms with Crippen LogP contribution in [-0.2, 0) is 9.59 Å². The molecule has 2 amide bonds. The van der Waals surface area contributed by atoms with Crippen LogP contribution in [0.2, 0.25) is 0 Å². The maximum absolute atomic E-state index is 12.2. The summed E-state index contributed by atoms with van der Waals surface area (Å²) in [4.78, 5) is 26.1. The van der Waals surface area contributed by atoms with E-state index in [0.717, 1.165) is 25.8 Å². The predicted molar refractivity (Wildman–Crippen MR) is 76.9 cm³/mol. The summed E-state index contributed by atoms with van der Waals surface area (Å²) in [7, 11) is 0. The zero-order valence-corrected chi connectivity index (χ0v) is 12.8. The van der Waals surface area contributed by atoms with Crippen molar-refractivity contribution in [2.75, 3.05) is 6.54 Å². The van der Waals surface area contributed by atoms with Gasteiger partial charge in [-0.1, -0.05) is 6.92 Å². The Hall–Kier alpha value is -1.06. The number of likely N-dealkylation sites (tertiary alicyclic amines) is 1. The molecule has 3 fully saturated rings. The Morgan fingerprint density at radius 1 is 1.40 bits per heavy atom. The predicted octanol–water partition coefficient (Wildman–Crippen LogP) is 1.79. The van der Waals surface area contributed by atoms with Gasteiger partial charge in [0.1, 0.15) is 0 Å². The molecule has 1 saturated heterocycles. The Balaban J connectivity index is 1.64. The van der Waals surface area contributed by atoms with Gasteiger partial charge < -0.3 is 10.2 Å². The number of amides is 2. The lowest BCUT2D eigenvalue weighted by molar-refractivity contribution is -0.130. The highest BCUT2D eigenvalue weighted by molar-refractivity contribution is 5.81. The Morgan fingerprint density at radius 2 is 2.10 bits per heavy atom. The summed E-state index contributed by atoms with van der Waals surface area (Å²) < 4.78 is 0. The van der Waals surface area contributed by atoms with Gasteiger partial charge in [0.05, 0.1) is 0 Å². The van der Waals surface area contributed by atoms with Crippen LogP contribution in [0.3, 0.4) is 0 Å². The van der Waals surface area contributed by atoms with Crippen molar-refractivity contribution in [2.24, 2.45) is 23.7 Å². The molecule has 2 saturated carbocycles. The summed E-state index contributed by atoms with van der Waals surface area (Å²) in [5, 5.41) is 3.12. The van der Waals surface area contributed by atoms with Crippen LogP contribution in [0.1, 0.15) is 46.5 Å². The largest absolute Gasteiger partial charge is 0.356 e. The Morgan fingerprint density at radius 3 is 2.70 bits per heavy atom. The van der Waals surface area contributed by atoms with Crippen molar-refractivity contribution in [1.82, 2.24) is 10.2 Å². The van der Waals surface area contributed by atoms with Crippen LogP contribution in [0.15, 0.2) is 0 Å². The molecule has 0 spiro atoms. The van der Waals surface area contributed by atoms with E-state index >= 15 is 0 Å². The van der Waals surface area contributed by atoms with Crippen LogP contribution in [0, 0.1) is 23.7 Å². The van der Waals surface area contributed by atoms with E-state index < -0.39 is 0 Å². The lowest BCUT2D eigenvalue weighted by Crippen LogP contribution is -2.39. The van der Waals surface area contributed by atoms with Gasteiger partial charge in [-0.15, -0.1) is 0 Å². The second-order valence-electron chi connectivity index (χ2n) is 7.23. The number of rotatable bonds is 4. The van der Waals surface area contributed by atoms with Crippen molar-refractivity contribution in [1.29, 1.82) is 0 Å². The molecule has 1 heterocycles. The van der Waals surface area contributed by atoms with Gasteiger partial charge >= 0.3 is 0 Å². The molecule has 0 bridgehead atoms. The van der Waals surface area contributed by atoms with Gasteiger partial charge in [-0.2, -0.15) is 0 Å². The lowest BCUT2D eigenvalue weighted by atomic mass is 9.88. The van der Waals surface area contributed by atoms with E-state index in [1.165, 1.54) is 0 Å². The molecule has 2 aliphatic carbocycles. The van der Waals surface area contributed by atoms with Gasteiger partial charge in [0.2, 0.25) is 11.8 Å². The number of nitrogens with zero attached hydrogens (tertiary/aromatic N) is 1. The van der Waals surface area contributed by atoms with Gasteiger partial charge in [-0.3, -0.25) is 9.59 Å². The van der Waals surface area contributed by atoms with Gasteiger partial charge in [0, 0.05) is 31.0 Å². The third kappa shape index (κ3) is 2.33. The Bertz CT molecular complexity index is 417. The third-order valence-corrected chi connectivity index (χ3v) is 5.46. The number of nitrogens with one attached hydrogen (secondary N) is 1. The summed E-state index contributed by atoms with van der Waals surface area (Å²) in [6.07, 6.45) is 3.88. The normalized spacial score (nSPS) is 36.6.